The number of ketones is 1. The maximum absolute atomic E-state index is 14.0. The number of rotatable bonds is 6. The van der Waals surface area contributed by atoms with Crippen LogP contribution in [0.1, 0.15) is 47.2 Å². The van der Waals surface area contributed by atoms with Crippen LogP contribution in [0.3, 0.4) is 0 Å². The van der Waals surface area contributed by atoms with Crippen molar-refractivity contribution in [2.75, 3.05) is 13.6 Å². The molecular weight excluding hydrogens is 549 g/mol. The maximum Gasteiger partial charge on any atom is 0.270 e. The molecule has 3 atom stereocenters. The first-order valence-corrected chi connectivity index (χ1v) is 13.8. The Labute approximate surface area is 241 Å². The molecule has 0 aliphatic heterocycles. The second-order valence-electron chi connectivity index (χ2n) is 10.3. The number of carbonyl (C=O) groups is 3. The Morgan fingerprint density at radius 2 is 1.52 bits per heavy atom. The number of carbonyl (C=O) groups excluding carboxylic acids is 3. The fourth-order valence-corrected chi connectivity index (χ4v) is 5.77. The van der Waals surface area contributed by atoms with Crippen molar-refractivity contribution in [2.45, 2.75) is 38.3 Å². The number of pyridine rings is 2. The third-order valence-corrected chi connectivity index (χ3v) is 8.27. The molecule has 0 spiro atoms. The van der Waals surface area contributed by atoms with Gasteiger partial charge in [-0.15, -0.1) is 0 Å². The highest BCUT2D eigenvalue weighted by atomic mass is 35.5. The van der Waals surface area contributed by atoms with Crippen molar-refractivity contribution in [3.63, 3.8) is 0 Å². The van der Waals surface area contributed by atoms with Gasteiger partial charge < -0.3 is 16.0 Å². The Hall–Kier alpha value is -3.59. The van der Waals surface area contributed by atoms with Gasteiger partial charge in [-0.2, -0.15) is 0 Å². The monoisotopic (exact) mass is 577 g/mol. The number of fused-ring (bicyclic) bond motifs is 2. The van der Waals surface area contributed by atoms with Crippen LogP contribution in [0, 0.1) is 5.41 Å². The number of Topliss-reactive ketones (excluding diaryl/α,β-unsaturated/α-hetero) is 1. The van der Waals surface area contributed by atoms with E-state index in [2.05, 4.69) is 15.3 Å². The second-order valence-corrected chi connectivity index (χ2v) is 11.2. The first kappa shape index (κ1) is 28.0. The summed E-state index contributed by atoms with van der Waals surface area (Å²) in [6.45, 7) is 2.29. The Balaban J connectivity index is 1.39. The Morgan fingerprint density at radius 1 is 0.950 bits per heavy atom. The summed E-state index contributed by atoms with van der Waals surface area (Å²) in [5, 5.41) is 7.38. The van der Waals surface area contributed by atoms with Crippen molar-refractivity contribution >= 4 is 62.3 Å². The van der Waals surface area contributed by atoms with Crippen LogP contribution in [-0.2, 0) is 4.79 Å². The maximum atomic E-state index is 14.0. The third-order valence-electron chi connectivity index (χ3n) is 7.80. The highest BCUT2D eigenvalue weighted by Gasteiger charge is 2.52. The lowest BCUT2D eigenvalue weighted by atomic mass is 9.66. The highest BCUT2D eigenvalue weighted by molar-refractivity contribution is 6.31. The lowest BCUT2D eigenvalue weighted by molar-refractivity contribution is -0.139. The van der Waals surface area contributed by atoms with Crippen LogP contribution in [0.15, 0.2) is 60.9 Å². The van der Waals surface area contributed by atoms with Gasteiger partial charge in [-0.3, -0.25) is 24.4 Å². The smallest absolute Gasteiger partial charge is 0.270 e. The molecule has 3 N–H and O–H groups in total. The summed E-state index contributed by atoms with van der Waals surface area (Å²) in [6.07, 6.45) is 3.83. The van der Waals surface area contributed by atoms with E-state index in [1.54, 1.807) is 55.8 Å². The van der Waals surface area contributed by atoms with Crippen LogP contribution in [0.25, 0.3) is 21.5 Å². The molecule has 10 heteroatoms. The van der Waals surface area contributed by atoms with Crippen LogP contribution in [-0.4, -0.2) is 58.1 Å². The summed E-state index contributed by atoms with van der Waals surface area (Å²) in [6, 6.07) is 13.0. The second kappa shape index (κ2) is 11.1. The number of hydrogen-bond donors (Lipinski definition) is 2. The molecule has 2 heterocycles. The molecule has 1 aliphatic rings. The van der Waals surface area contributed by atoms with E-state index in [4.69, 9.17) is 28.9 Å². The quantitative estimate of drug-likeness (QED) is 0.244. The van der Waals surface area contributed by atoms with Crippen molar-refractivity contribution in [3.8, 4) is 0 Å². The zero-order valence-corrected chi connectivity index (χ0v) is 23.7. The number of nitrogens with zero attached hydrogens (tertiary/aromatic N) is 3. The van der Waals surface area contributed by atoms with Crippen LogP contribution >= 0.6 is 23.2 Å². The summed E-state index contributed by atoms with van der Waals surface area (Å²) in [5.74, 6) is -1.04. The van der Waals surface area contributed by atoms with Crippen molar-refractivity contribution in [1.29, 1.82) is 0 Å². The van der Waals surface area contributed by atoms with Crippen LogP contribution in [0.5, 0.6) is 0 Å². The van der Waals surface area contributed by atoms with Gasteiger partial charge in [-0.05, 0) is 73.4 Å². The van der Waals surface area contributed by atoms with Gasteiger partial charge in [-0.1, -0.05) is 35.3 Å². The van der Waals surface area contributed by atoms with Crippen molar-refractivity contribution in [1.82, 2.24) is 20.2 Å². The zero-order valence-electron chi connectivity index (χ0n) is 22.2. The van der Waals surface area contributed by atoms with E-state index in [0.717, 1.165) is 21.5 Å². The lowest BCUT2D eigenvalue weighted by Gasteiger charge is -2.42. The normalized spacial score (nSPS) is 20.8. The first-order chi connectivity index (χ1) is 19.1. The molecule has 1 fully saturated rings. The largest absolute Gasteiger partial charge is 0.346 e. The average Bonchev–Trinajstić information content (AvgIpc) is 2.96. The molecule has 1 saturated carbocycles. The van der Waals surface area contributed by atoms with Gasteiger partial charge in [0.25, 0.3) is 5.91 Å². The Morgan fingerprint density at radius 3 is 2.10 bits per heavy atom. The van der Waals surface area contributed by atoms with Gasteiger partial charge in [-0.25, -0.2) is 0 Å². The number of halogens is 2. The van der Waals surface area contributed by atoms with Gasteiger partial charge >= 0.3 is 0 Å². The van der Waals surface area contributed by atoms with Gasteiger partial charge in [0, 0.05) is 58.9 Å². The molecule has 0 unspecified atom stereocenters. The topological polar surface area (TPSA) is 118 Å². The van der Waals surface area contributed by atoms with Crippen molar-refractivity contribution < 1.29 is 14.4 Å². The summed E-state index contributed by atoms with van der Waals surface area (Å²) < 4.78 is 0. The number of amides is 2. The van der Waals surface area contributed by atoms with E-state index in [0.29, 0.717) is 23.0 Å². The highest BCUT2D eigenvalue weighted by Crippen LogP contribution is 2.41. The lowest BCUT2D eigenvalue weighted by Crippen LogP contribution is -2.59. The minimum absolute atomic E-state index is 0.0733. The first-order valence-electron chi connectivity index (χ1n) is 13.1. The zero-order chi connectivity index (χ0) is 28.6. The molecule has 2 aromatic carbocycles. The molecule has 0 radical (unpaired) electrons. The molecule has 0 bridgehead atoms. The van der Waals surface area contributed by atoms with E-state index in [9.17, 15) is 14.4 Å². The Bertz CT molecular complexity index is 1640. The average molecular weight is 579 g/mol. The van der Waals surface area contributed by atoms with Crippen LogP contribution in [0.4, 0.5) is 0 Å². The molecule has 40 heavy (non-hydrogen) atoms. The molecule has 5 rings (SSSR count). The molecular formula is C30H29Cl2N5O3. The predicted molar refractivity (Wildman–Crippen MR) is 157 cm³/mol. The predicted octanol–water partition coefficient (Wildman–Crippen LogP) is 5.05. The SMILES string of the molecule is CCN(C)C(=O)[C@@]1(C(=O)c2cc3ccc(Cl)cc3cn2)CC[C@H](NC(=O)c2cc3ccc(Cl)cc3cn2)[C@@H](N)C1. The van der Waals surface area contributed by atoms with E-state index >= 15 is 0 Å². The van der Waals surface area contributed by atoms with Gasteiger partial charge in [0.05, 0.1) is 0 Å². The standard InChI is InChI=1S/C30H29Cl2N5O3/c1-3-37(2)29(40)30(27(38)25-12-17-4-6-21(31)10-19(17)15-34-25)9-8-24(23(33)14-30)36-28(39)26-13-18-5-7-22(32)11-20(18)16-35-26/h4-7,10-13,15-16,23-24H,3,8-9,14,33H2,1-2H3,(H,36,39)/t23-,24-,30-/m0/s1. The van der Waals surface area contributed by atoms with E-state index < -0.39 is 17.5 Å². The minimum Gasteiger partial charge on any atom is -0.346 e. The number of aromatic nitrogens is 2. The van der Waals surface area contributed by atoms with Crippen LogP contribution in [0.2, 0.25) is 10.0 Å². The fraction of sp³-hybridized carbons (Fsp3) is 0.300. The van der Waals surface area contributed by atoms with Gasteiger partial charge in [0.15, 0.2) is 5.78 Å². The summed E-state index contributed by atoms with van der Waals surface area (Å²) in [4.78, 5) is 51.1. The number of hydrogen-bond acceptors (Lipinski definition) is 6. The molecule has 0 saturated heterocycles. The number of benzene rings is 2. The summed E-state index contributed by atoms with van der Waals surface area (Å²) in [5.41, 5.74) is 5.64. The van der Waals surface area contributed by atoms with Gasteiger partial charge in [0.1, 0.15) is 16.8 Å². The molecule has 2 amide bonds. The minimum atomic E-state index is -1.39. The molecule has 1 aliphatic carbocycles. The van der Waals surface area contributed by atoms with Gasteiger partial charge in [0.2, 0.25) is 5.91 Å². The summed E-state index contributed by atoms with van der Waals surface area (Å²) >= 11 is 12.1. The third kappa shape index (κ3) is 5.27. The summed E-state index contributed by atoms with van der Waals surface area (Å²) in [7, 11) is 1.67. The van der Waals surface area contributed by atoms with E-state index in [1.165, 1.54) is 4.90 Å². The number of nitrogens with two attached hydrogens (primary N) is 1. The van der Waals surface area contributed by atoms with Crippen molar-refractivity contribution in [3.05, 3.63) is 82.4 Å². The molecule has 206 valence electrons. The molecule has 2 aromatic heterocycles. The van der Waals surface area contributed by atoms with E-state index in [1.807, 2.05) is 19.1 Å². The number of nitrogens with one attached hydrogen (secondary N) is 1. The molecule has 4 aromatic rings. The van der Waals surface area contributed by atoms with Crippen LogP contribution < -0.4 is 11.1 Å². The molecule has 8 nitrogen and oxygen atoms in total. The Kier molecular flexibility index (Phi) is 7.77. The van der Waals surface area contributed by atoms with E-state index in [-0.39, 0.29) is 41.8 Å². The fourth-order valence-electron chi connectivity index (χ4n) is 5.41. The van der Waals surface area contributed by atoms with Crippen molar-refractivity contribution in [2.24, 2.45) is 11.1 Å².